The molecule has 1 N–H and O–H groups in total. The third-order valence-corrected chi connectivity index (χ3v) is 13.9. The van der Waals surface area contributed by atoms with Crippen molar-refractivity contribution in [2.45, 2.75) is 63.7 Å². The van der Waals surface area contributed by atoms with Gasteiger partial charge in [-0.3, -0.25) is 29.4 Å². The van der Waals surface area contributed by atoms with E-state index in [9.17, 15) is 19.2 Å². The molecular formula is C45H53F2N7O6. The quantitative estimate of drug-likeness (QED) is 0.313. The lowest BCUT2D eigenvalue weighted by atomic mass is 9.71. The number of carbonyl (C=O) groups is 3. The minimum absolute atomic E-state index is 0.0458. The predicted molar refractivity (Wildman–Crippen MR) is 222 cm³/mol. The maximum absolute atomic E-state index is 16.0. The number of hydrogen-bond acceptors (Lipinski definition) is 10. The fraction of sp³-hybridized carbons (Fsp3) is 0.511. The second-order valence-corrected chi connectivity index (χ2v) is 17.8. The number of ether oxygens (including phenoxy) is 2. The number of aryl methyl sites for hydroxylation is 1. The summed E-state index contributed by atoms with van der Waals surface area (Å²) < 4.78 is 45.3. The number of fused-ring (bicyclic) bond motifs is 2. The van der Waals surface area contributed by atoms with Gasteiger partial charge in [0.2, 0.25) is 11.8 Å². The number of piperidine rings is 3. The van der Waals surface area contributed by atoms with Gasteiger partial charge in [0.05, 0.1) is 26.3 Å². The van der Waals surface area contributed by atoms with Crippen LogP contribution in [0, 0.1) is 11.3 Å². The number of aromatic nitrogens is 1. The summed E-state index contributed by atoms with van der Waals surface area (Å²) in [6, 6.07) is 9.11. The van der Waals surface area contributed by atoms with E-state index in [4.69, 9.17) is 9.47 Å². The van der Waals surface area contributed by atoms with E-state index in [-0.39, 0.29) is 42.3 Å². The Balaban J connectivity index is 0.795. The highest BCUT2D eigenvalue weighted by Gasteiger charge is 2.49. The van der Waals surface area contributed by atoms with Crippen LogP contribution >= 0.6 is 0 Å². The first-order chi connectivity index (χ1) is 28.7. The molecule has 0 saturated carbocycles. The van der Waals surface area contributed by atoms with Crippen molar-refractivity contribution in [3.63, 3.8) is 0 Å². The third kappa shape index (κ3) is 7.22. The number of benzene rings is 2. The Labute approximate surface area is 348 Å². The topological polar surface area (TPSA) is 120 Å². The van der Waals surface area contributed by atoms with Gasteiger partial charge in [-0.25, -0.2) is 8.78 Å². The lowest BCUT2D eigenvalue weighted by Crippen LogP contribution is -2.61. The third-order valence-electron chi connectivity index (χ3n) is 13.9. The van der Waals surface area contributed by atoms with Crippen LogP contribution in [-0.4, -0.2) is 121 Å². The summed E-state index contributed by atoms with van der Waals surface area (Å²) in [5, 5.41) is 2.36. The summed E-state index contributed by atoms with van der Waals surface area (Å²) in [6.45, 7) is 4.93. The SMILES string of the molecule is COc1cc(-c2cn(C)c(=O)c3c2C=CN(C)C3)cc(OC)c1CN1CCC(CN2CCC3(CC2)CN(c2ccc4c(c2)C(=O)N(C2CCC(=O)NC2=O)C4)C3)C(F)(F)C1. The number of nitrogens with zero attached hydrogens (tertiary/aromatic N) is 6. The minimum Gasteiger partial charge on any atom is -0.496 e. The monoisotopic (exact) mass is 825 g/mol. The Kier molecular flexibility index (Phi) is 10.3. The molecule has 3 amide bonds. The molecular weight excluding hydrogens is 773 g/mol. The van der Waals surface area contributed by atoms with Crippen molar-refractivity contribution in [1.29, 1.82) is 0 Å². The zero-order valence-corrected chi connectivity index (χ0v) is 34.8. The molecule has 2 atom stereocenters. The van der Waals surface area contributed by atoms with Gasteiger partial charge < -0.3 is 33.6 Å². The van der Waals surface area contributed by atoms with Gasteiger partial charge in [0.1, 0.15) is 17.5 Å². The van der Waals surface area contributed by atoms with Crippen LogP contribution in [0.3, 0.4) is 0 Å². The molecule has 0 bridgehead atoms. The van der Waals surface area contributed by atoms with Gasteiger partial charge in [-0.15, -0.1) is 0 Å². The number of rotatable bonds is 9. The second kappa shape index (κ2) is 15.3. The van der Waals surface area contributed by atoms with E-state index in [0.717, 1.165) is 67.0 Å². The lowest BCUT2D eigenvalue weighted by molar-refractivity contribution is -0.136. The first kappa shape index (κ1) is 40.1. The van der Waals surface area contributed by atoms with E-state index < -0.39 is 23.8 Å². The van der Waals surface area contributed by atoms with Crippen molar-refractivity contribution in [3.8, 4) is 22.6 Å². The molecule has 2 aromatic carbocycles. The summed E-state index contributed by atoms with van der Waals surface area (Å²) in [5.74, 6) is -3.40. The summed E-state index contributed by atoms with van der Waals surface area (Å²) >= 11 is 0. The molecule has 13 nitrogen and oxygen atoms in total. The number of likely N-dealkylation sites (tertiary alicyclic amines) is 2. The van der Waals surface area contributed by atoms with Crippen molar-refractivity contribution in [3.05, 3.63) is 80.9 Å². The van der Waals surface area contributed by atoms with Crippen LogP contribution in [0.5, 0.6) is 11.5 Å². The number of alkyl halides is 2. The van der Waals surface area contributed by atoms with Crippen LogP contribution in [0.15, 0.2) is 47.5 Å². The highest BCUT2D eigenvalue weighted by atomic mass is 19.3. The predicted octanol–water partition coefficient (Wildman–Crippen LogP) is 4.31. The van der Waals surface area contributed by atoms with E-state index in [0.29, 0.717) is 67.2 Å². The number of halogens is 2. The van der Waals surface area contributed by atoms with Gasteiger partial charge in [0.25, 0.3) is 17.4 Å². The first-order valence-corrected chi connectivity index (χ1v) is 21.0. The van der Waals surface area contributed by atoms with Gasteiger partial charge in [0.15, 0.2) is 0 Å². The van der Waals surface area contributed by atoms with Crippen molar-refractivity contribution >= 4 is 29.5 Å². The fourth-order valence-corrected chi connectivity index (χ4v) is 10.3. The number of carbonyl (C=O) groups excluding carboxylic acids is 3. The van der Waals surface area contributed by atoms with Crippen LogP contribution in [0.2, 0.25) is 0 Å². The van der Waals surface area contributed by atoms with Crippen molar-refractivity contribution in [2.24, 2.45) is 18.4 Å². The zero-order valence-electron chi connectivity index (χ0n) is 34.8. The largest absolute Gasteiger partial charge is 0.496 e. The van der Waals surface area contributed by atoms with Crippen LogP contribution < -0.4 is 25.2 Å². The number of imide groups is 1. The second-order valence-electron chi connectivity index (χ2n) is 17.8. The number of anilines is 1. The van der Waals surface area contributed by atoms with Crippen LogP contribution in [0.25, 0.3) is 17.2 Å². The molecule has 2 unspecified atom stereocenters. The average molecular weight is 826 g/mol. The average Bonchev–Trinajstić information content (AvgIpc) is 3.54. The highest BCUT2D eigenvalue weighted by Crippen LogP contribution is 2.45. The molecule has 318 valence electrons. The standard InChI is InChI=1S/C45H53F2N7O6/c1-49-13-10-32-34(23-50(2)42(57)35(32)22-49)29-17-38(59-3)36(39(18-29)60-4)24-52-14-9-30(45(46,47)27-52)21-51-15-11-44(12-16-51)25-53(26-44)31-6-5-28-20-54(43(58)33(28)19-31)37-7-8-40(55)48-41(37)56/h5-6,10,13,17-19,23,30,37H,7-9,11-12,14-16,20-22,24-27H2,1-4H3,(H,48,55,56). The van der Waals surface area contributed by atoms with E-state index in [1.807, 2.05) is 60.8 Å². The Bertz CT molecular complexity index is 2310. The highest BCUT2D eigenvalue weighted by molar-refractivity contribution is 6.05. The molecule has 0 radical (unpaired) electrons. The zero-order chi connectivity index (χ0) is 42.1. The van der Waals surface area contributed by atoms with Crippen LogP contribution in [-0.2, 0) is 36.3 Å². The summed E-state index contributed by atoms with van der Waals surface area (Å²) in [6.07, 6.45) is 8.53. The number of hydrogen-bond donors (Lipinski definition) is 1. The van der Waals surface area contributed by atoms with E-state index >= 15 is 8.78 Å². The summed E-state index contributed by atoms with van der Waals surface area (Å²) in [4.78, 5) is 60.3. The summed E-state index contributed by atoms with van der Waals surface area (Å²) in [7, 11) is 6.82. The van der Waals surface area contributed by atoms with Gasteiger partial charge in [-0.2, -0.15) is 0 Å². The number of amides is 3. The maximum atomic E-state index is 16.0. The molecule has 3 aromatic rings. The Morgan fingerprint density at radius 2 is 1.60 bits per heavy atom. The smallest absolute Gasteiger partial charge is 0.264 e. The van der Waals surface area contributed by atoms with E-state index in [1.54, 1.807) is 35.6 Å². The molecule has 4 saturated heterocycles. The number of nitrogens with one attached hydrogen (secondary N) is 1. The van der Waals surface area contributed by atoms with Crippen molar-refractivity contribution < 1.29 is 32.6 Å². The fourth-order valence-electron chi connectivity index (χ4n) is 10.3. The normalized spacial score (nSPS) is 23.7. The molecule has 7 heterocycles. The minimum atomic E-state index is -2.87. The molecule has 60 heavy (non-hydrogen) atoms. The molecule has 0 aliphatic carbocycles. The lowest BCUT2D eigenvalue weighted by Gasteiger charge is -2.55. The molecule has 1 spiro atoms. The number of methoxy groups -OCH3 is 2. The van der Waals surface area contributed by atoms with Gasteiger partial charge >= 0.3 is 0 Å². The van der Waals surface area contributed by atoms with Gasteiger partial charge in [-0.05, 0) is 98.5 Å². The van der Waals surface area contributed by atoms with Gasteiger partial charge in [-0.1, -0.05) is 6.07 Å². The van der Waals surface area contributed by atoms with E-state index in [2.05, 4.69) is 15.1 Å². The summed E-state index contributed by atoms with van der Waals surface area (Å²) in [5.41, 5.74) is 6.51. The Hall–Kier alpha value is -5.28. The van der Waals surface area contributed by atoms with E-state index in [1.165, 1.54) is 0 Å². The number of pyridine rings is 1. The molecule has 6 aliphatic rings. The Morgan fingerprint density at radius 3 is 2.28 bits per heavy atom. The molecule has 9 rings (SSSR count). The van der Waals surface area contributed by atoms with Crippen molar-refractivity contribution in [2.75, 3.05) is 72.0 Å². The van der Waals surface area contributed by atoms with Crippen molar-refractivity contribution in [1.82, 2.24) is 29.5 Å². The molecule has 4 fully saturated rings. The molecule has 15 heteroatoms. The molecule has 6 aliphatic heterocycles. The Morgan fingerprint density at radius 1 is 0.867 bits per heavy atom. The van der Waals surface area contributed by atoms with Crippen LogP contribution in [0.4, 0.5) is 14.5 Å². The van der Waals surface area contributed by atoms with Gasteiger partial charge in [0, 0.05) is 99.7 Å². The molecule has 1 aromatic heterocycles. The maximum Gasteiger partial charge on any atom is 0.264 e. The van der Waals surface area contributed by atoms with Crippen LogP contribution in [0.1, 0.15) is 64.7 Å². The first-order valence-electron chi connectivity index (χ1n) is 21.0.